The van der Waals surface area contributed by atoms with Crippen LogP contribution in [0.25, 0.3) is 44.3 Å². The van der Waals surface area contributed by atoms with Crippen molar-refractivity contribution in [3.05, 3.63) is 90.6 Å². The summed E-state index contributed by atoms with van der Waals surface area (Å²) in [6.45, 7) is 0.0545. The minimum Gasteiger partial charge on any atom is -0.455 e. The van der Waals surface area contributed by atoms with E-state index in [1.165, 1.54) is 0 Å². The second-order valence-electron chi connectivity index (χ2n) is 6.57. The fourth-order valence-corrected chi connectivity index (χ4v) is 3.48. The van der Waals surface area contributed by atoms with Crippen molar-refractivity contribution >= 4 is 21.9 Å². The number of rotatable bonds is 3. The average Bonchev–Trinajstić information content (AvgIpc) is 3.13. The molecule has 0 saturated heterocycles. The van der Waals surface area contributed by atoms with Crippen molar-refractivity contribution < 1.29 is 9.52 Å². The van der Waals surface area contributed by atoms with Gasteiger partial charge in [0.15, 0.2) is 0 Å². The topological polar surface area (TPSA) is 46.3 Å². The van der Waals surface area contributed by atoms with Gasteiger partial charge in [-0.3, -0.25) is 4.98 Å². The summed E-state index contributed by atoms with van der Waals surface area (Å²) in [5, 5.41) is 11.4. The van der Waals surface area contributed by atoms with Gasteiger partial charge >= 0.3 is 0 Å². The lowest BCUT2D eigenvalue weighted by Crippen LogP contribution is -1.87. The van der Waals surface area contributed by atoms with E-state index in [0.717, 1.165) is 49.9 Å². The van der Waals surface area contributed by atoms with Crippen LogP contribution >= 0.6 is 0 Å². The van der Waals surface area contributed by atoms with Crippen LogP contribution in [0.1, 0.15) is 5.56 Å². The Hall–Kier alpha value is -3.43. The summed E-state index contributed by atoms with van der Waals surface area (Å²) in [6.07, 6.45) is 1.88. The van der Waals surface area contributed by atoms with E-state index < -0.39 is 0 Å². The van der Waals surface area contributed by atoms with Crippen LogP contribution in [0.15, 0.2) is 89.5 Å². The number of nitrogens with zero attached hydrogens (tertiary/aromatic N) is 1. The Balaban J connectivity index is 1.58. The van der Waals surface area contributed by atoms with Crippen LogP contribution in [-0.2, 0) is 6.61 Å². The van der Waals surface area contributed by atoms with Gasteiger partial charge in [-0.15, -0.1) is 0 Å². The van der Waals surface area contributed by atoms with E-state index >= 15 is 0 Å². The number of pyridine rings is 1. The molecule has 2 aromatic heterocycles. The molecule has 0 amide bonds. The average molecular weight is 351 g/mol. The highest BCUT2D eigenvalue weighted by Gasteiger charge is 2.12. The molecule has 3 heteroatoms. The summed E-state index contributed by atoms with van der Waals surface area (Å²) < 4.78 is 6.11. The van der Waals surface area contributed by atoms with Crippen molar-refractivity contribution in [2.75, 3.05) is 0 Å². The number of aliphatic hydroxyl groups is 1. The molecule has 0 fully saturated rings. The number of hydrogen-bond donors (Lipinski definition) is 1. The molecule has 5 aromatic rings. The fourth-order valence-electron chi connectivity index (χ4n) is 3.48. The highest BCUT2D eigenvalue weighted by molar-refractivity contribution is 6.09. The summed E-state index contributed by atoms with van der Waals surface area (Å²) in [4.78, 5) is 4.68. The van der Waals surface area contributed by atoms with Gasteiger partial charge in [0.1, 0.15) is 11.2 Å². The smallest absolute Gasteiger partial charge is 0.144 e. The van der Waals surface area contributed by atoms with Crippen LogP contribution in [-0.4, -0.2) is 10.1 Å². The number of aliphatic hydroxyl groups excluding tert-OH is 1. The molecule has 0 bridgehead atoms. The Morgan fingerprint density at radius 2 is 1.52 bits per heavy atom. The Bertz CT molecular complexity index is 1240. The van der Waals surface area contributed by atoms with Crippen molar-refractivity contribution in [2.45, 2.75) is 6.61 Å². The van der Waals surface area contributed by atoms with E-state index in [1.54, 1.807) is 0 Å². The lowest BCUT2D eigenvalue weighted by Gasteiger charge is -2.05. The van der Waals surface area contributed by atoms with E-state index in [4.69, 9.17) is 4.42 Å². The fraction of sp³-hybridized carbons (Fsp3) is 0.0417. The number of aromatic nitrogens is 1. The molecule has 130 valence electrons. The zero-order valence-corrected chi connectivity index (χ0v) is 14.6. The van der Waals surface area contributed by atoms with Gasteiger partial charge in [0.2, 0.25) is 0 Å². The Labute approximate surface area is 156 Å². The maximum Gasteiger partial charge on any atom is 0.144 e. The molecule has 0 radical (unpaired) electrons. The van der Waals surface area contributed by atoms with E-state index in [0.29, 0.717) is 0 Å². The third kappa shape index (κ3) is 2.69. The molecule has 2 heterocycles. The molecule has 0 aliphatic carbocycles. The van der Waals surface area contributed by atoms with Gasteiger partial charge in [0.05, 0.1) is 12.3 Å². The molecule has 1 N–H and O–H groups in total. The van der Waals surface area contributed by atoms with Crippen molar-refractivity contribution in [3.8, 4) is 22.4 Å². The van der Waals surface area contributed by atoms with Gasteiger partial charge in [-0.2, -0.15) is 0 Å². The molecule has 5 rings (SSSR count). The summed E-state index contributed by atoms with van der Waals surface area (Å²) >= 11 is 0. The molecule has 27 heavy (non-hydrogen) atoms. The number of furan rings is 1. The van der Waals surface area contributed by atoms with Gasteiger partial charge < -0.3 is 9.52 Å². The highest BCUT2D eigenvalue weighted by atomic mass is 16.3. The zero-order chi connectivity index (χ0) is 18.2. The number of fused-ring (bicyclic) bond motifs is 3. The second-order valence-corrected chi connectivity index (χ2v) is 6.57. The van der Waals surface area contributed by atoms with Gasteiger partial charge in [-0.05, 0) is 29.3 Å². The highest BCUT2D eigenvalue weighted by Crippen LogP contribution is 2.35. The number of para-hydroxylation sites is 2. The van der Waals surface area contributed by atoms with Gasteiger partial charge in [-0.1, -0.05) is 60.7 Å². The molecular weight excluding hydrogens is 334 g/mol. The maximum absolute atomic E-state index is 9.18. The third-order valence-corrected chi connectivity index (χ3v) is 4.91. The summed E-state index contributed by atoms with van der Waals surface area (Å²) in [7, 11) is 0. The van der Waals surface area contributed by atoms with E-state index in [9.17, 15) is 5.11 Å². The summed E-state index contributed by atoms with van der Waals surface area (Å²) in [5.74, 6) is 0. The van der Waals surface area contributed by atoms with Gasteiger partial charge in [-0.25, -0.2) is 0 Å². The third-order valence-electron chi connectivity index (χ3n) is 4.91. The minimum atomic E-state index is 0.0545. The first-order valence-corrected chi connectivity index (χ1v) is 8.90. The summed E-state index contributed by atoms with van der Waals surface area (Å²) in [6, 6.07) is 26.2. The number of hydrogen-bond acceptors (Lipinski definition) is 3. The maximum atomic E-state index is 9.18. The van der Waals surface area contributed by atoms with Crippen LogP contribution in [0.3, 0.4) is 0 Å². The molecule has 0 spiro atoms. The van der Waals surface area contributed by atoms with Crippen molar-refractivity contribution in [3.63, 3.8) is 0 Å². The first kappa shape index (κ1) is 15.8. The van der Waals surface area contributed by atoms with Crippen LogP contribution in [0.5, 0.6) is 0 Å². The van der Waals surface area contributed by atoms with Crippen LogP contribution in [0.2, 0.25) is 0 Å². The number of benzene rings is 3. The van der Waals surface area contributed by atoms with Crippen molar-refractivity contribution in [1.82, 2.24) is 4.98 Å². The normalized spacial score (nSPS) is 11.3. The van der Waals surface area contributed by atoms with Crippen LogP contribution in [0, 0.1) is 0 Å². The molecule has 0 atom stereocenters. The first-order valence-electron chi connectivity index (χ1n) is 8.90. The molecule has 0 saturated carbocycles. The monoisotopic (exact) mass is 351 g/mol. The Morgan fingerprint density at radius 1 is 0.741 bits per heavy atom. The largest absolute Gasteiger partial charge is 0.455 e. The second kappa shape index (κ2) is 6.38. The predicted octanol–water partition coefficient (Wildman–Crippen LogP) is 5.81. The molecular formula is C24H17NO2. The SMILES string of the molecule is OCc1ccc(-c2ccc(-c3cccc4c3oc3ccccc34)nc2)cc1. The standard InChI is InChI=1S/C24H17NO2/c26-15-16-8-10-17(11-9-16)18-12-13-22(25-14-18)21-6-3-5-20-19-4-1-2-7-23(19)27-24(20)21/h1-14,26H,15H2. The Morgan fingerprint density at radius 3 is 2.30 bits per heavy atom. The quantitative estimate of drug-likeness (QED) is 0.446. The molecule has 3 aromatic carbocycles. The molecule has 3 nitrogen and oxygen atoms in total. The van der Waals surface area contributed by atoms with Gasteiger partial charge in [0.25, 0.3) is 0 Å². The lowest BCUT2D eigenvalue weighted by atomic mass is 10.0. The zero-order valence-electron chi connectivity index (χ0n) is 14.6. The van der Waals surface area contributed by atoms with E-state index in [2.05, 4.69) is 23.2 Å². The molecule has 0 aliphatic heterocycles. The van der Waals surface area contributed by atoms with Crippen molar-refractivity contribution in [1.29, 1.82) is 0 Å². The van der Waals surface area contributed by atoms with E-state index in [1.807, 2.05) is 66.9 Å². The van der Waals surface area contributed by atoms with Gasteiger partial charge in [0, 0.05) is 28.1 Å². The molecule has 0 aliphatic rings. The molecule has 0 unspecified atom stereocenters. The first-order chi connectivity index (χ1) is 13.3. The minimum absolute atomic E-state index is 0.0545. The predicted molar refractivity (Wildman–Crippen MR) is 108 cm³/mol. The van der Waals surface area contributed by atoms with Crippen molar-refractivity contribution in [2.24, 2.45) is 0 Å². The summed E-state index contributed by atoms with van der Waals surface area (Å²) in [5.41, 5.74) is 6.65. The van der Waals surface area contributed by atoms with Crippen LogP contribution in [0.4, 0.5) is 0 Å². The lowest BCUT2D eigenvalue weighted by molar-refractivity contribution is 0.282. The van der Waals surface area contributed by atoms with E-state index in [-0.39, 0.29) is 6.61 Å². The van der Waals surface area contributed by atoms with Crippen LogP contribution < -0.4 is 0 Å². The Kier molecular flexibility index (Phi) is 3.73.